The Morgan fingerprint density at radius 3 is 2.47 bits per heavy atom. The number of Topliss-reactive ketones (excluding diaryl/α,β-unsaturated/α-hetero) is 1. The predicted octanol–water partition coefficient (Wildman–Crippen LogP) is 5.56. The number of ketones is 1. The molecule has 4 rings (SSSR count). The number of aryl methyl sites for hydroxylation is 1. The highest BCUT2D eigenvalue weighted by Crippen LogP contribution is 2.34. The molecule has 0 bridgehead atoms. The number of piperidine rings is 1. The third-order valence-corrected chi connectivity index (χ3v) is 6.47. The van der Waals surface area contributed by atoms with Gasteiger partial charge < -0.3 is 10.0 Å². The SMILES string of the molecule is Cc1ccc(C(=O)CCCN2CCC(C(O)c3cccc4ccccc34)CC2)cc1. The second-order valence-electron chi connectivity index (χ2n) is 8.59. The van der Waals surface area contributed by atoms with Crippen LogP contribution in [0, 0.1) is 12.8 Å². The van der Waals surface area contributed by atoms with Gasteiger partial charge in [-0.2, -0.15) is 0 Å². The normalized spacial score (nSPS) is 16.6. The van der Waals surface area contributed by atoms with Crippen molar-refractivity contribution in [2.45, 2.75) is 38.7 Å². The van der Waals surface area contributed by atoms with Crippen LogP contribution in [-0.2, 0) is 0 Å². The van der Waals surface area contributed by atoms with E-state index < -0.39 is 6.10 Å². The maximum atomic E-state index is 12.4. The van der Waals surface area contributed by atoms with E-state index in [2.05, 4.69) is 29.2 Å². The molecule has 0 spiro atoms. The highest BCUT2D eigenvalue weighted by molar-refractivity contribution is 5.96. The first-order valence-corrected chi connectivity index (χ1v) is 11.1. The molecule has 0 aromatic heterocycles. The van der Waals surface area contributed by atoms with E-state index in [-0.39, 0.29) is 5.78 Å². The lowest BCUT2D eigenvalue weighted by Crippen LogP contribution is -2.36. The molecule has 0 amide bonds. The van der Waals surface area contributed by atoms with E-state index in [4.69, 9.17) is 0 Å². The average molecular weight is 402 g/mol. The van der Waals surface area contributed by atoms with Crippen LogP contribution < -0.4 is 0 Å². The third-order valence-electron chi connectivity index (χ3n) is 6.47. The fourth-order valence-corrected chi connectivity index (χ4v) is 4.60. The minimum atomic E-state index is -0.415. The van der Waals surface area contributed by atoms with Crippen LogP contribution in [0.25, 0.3) is 10.8 Å². The molecule has 0 aliphatic carbocycles. The molecule has 156 valence electrons. The number of nitrogens with zero attached hydrogens (tertiary/aromatic N) is 1. The number of carbonyl (C=O) groups is 1. The number of carbonyl (C=O) groups excluding carboxylic acids is 1. The molecule has 0 saturated carbocycles. The van der Waals surface area contributed by atoms with Crippen molar-refractivity contribution >= 4 is 16.6 Å². The molecule has 1 aliphatic rings. The van der Waals surface area contributed by atoms with E-state index in [0.717, 1.165) is 55.4 Å². The number of aliphatic hydroxyl groups excluding tert-OH is 1. The molecule has 1 fully saturated rings. The first kappa shape index (κ1) is 20.8. The highest BCUT2D eigenvalue weighted by atomic mass is 16.3. The second-order valence-corrected chi connectivity index (χ2v) is 8.59. The Bertz CT molecular complexity index is 982. The topological polar surface area (TPSA) is 40.5 Å². The fraction of sp³-hybridized carbons (Fsp3) is 0.370. The molecule has 0 radical (unpaired) electrons. The summed E-state index contributed by atoms with van der Waals surface area (Å²) in [5, 5.41) is 13.4. The predicted molar refractivity (Wildman–Crippen MR) is 123 cm³/mol. The lowest BCUT2D eigenvalue weighted by molar-refractivity contribution is 0.0592. The van der Waals surface area contributed by atoms with Crippen molar-refractivity contribution in [3.8, 4) is 0 Å². The molecule has 1 aliphatic heterocycles. The number of hydrogen-bond donors (Lipinski definition) is 1. The number of likely N-dealkylation sites (tertiary alicyclic amines) is 1. The Labute approximate surface area is 179 Å². The van der Waals surface area contributed by atoms with Crippen molar-refractivity contribution in [3.63, 3.8) is 0 Å². The standard InChI is InChI=1S/C27H31NO2/c1-20-11-13-22(14-12-20)26(29)10-5-17-28-18-15-23(16-19-28)27(30)25-9-4-7-21-6-2-3-8-24(21)25/h2-4,6-9,11-14,23,27,30H,5,10,15-19H2,1H3. The van der Waals surface area contributed by atoms with Gasteiger partial charge in [0.15, 0.2) is 5.78 Å². The zero-order chi connectivity index (χ0) is 20.9. The minimum absolute atomic E-state index is 0.233. The van der Waals surface area contributed by atoms with Crippen molar-refractivity contribution in [1.29, 1.82) is 0 Å². The van der Waals surface area contributed by atoms with E-state index in [9.17, 15) is 9.90 Å². The van der Waals surface area contributed by atoms with Crippen molar-refractivity contribution in [2.24, 2.45) is 5.92 Å². The molecule has 3 aromatic rings. The molecule has 1 heterocycles. The van der Waals surface area contributed by atoms with Gasteiger partial charge in [-0.1, -0.05) is 72.3 Å². The minimum Gasteiger partial charge on any atom is -0.388 e. The molecule has 3 heteroatoms. The molecule has 3 nitrogen and oxygen atoms in total. The van der Waals surface area contributed by atoms with Gasteiger partial charge in [-0.25, -0.2) is 0 Å². The summed E-state index contributed by atoms with van der Waals surface area (Å²) in [6, 6.07) is 22.4. The second kappa shape index (κ2) is 9.55. The van der Waals surface area contributed by atoms with Gasteiger partial charge >= 0.3 is 0 Å². The maximum absolute atomic E-state index is 12.4. The van der Waals surface area contributed by atoms with Gasteiger partial charge in [-0.15, -0.1) is 0 Å². The average Bonchev–Trinajstić information content (AvgIpc) is 2.79. The van der Waals surface area contributed by atoms with Gasteiger partial charge in [0.25, 0.3) is 0 Å². The molecule has 1 unspecified atom stereocenters. The smallest absolute Gasteiger partial charge is 0.162 e. The summed E-state index contributed by atoms with van der Waals surface area (Å²) in [5.74, 6) is 0.525. The summed E-state index contributed by atoms with van der Waals surface area (Å²) in [7, 11) is 0. The van der Waals surface area contributed by atoms with Gasteiger partial charge in [0.1, 0.15) is 0 Å². The van der Waals surface area contributed by atoms with E-state index in [0.29, 0.717) is 12.3 Å². The first-order valence-electron chi connectivity index (χ1n) is 11.1. The van der Waals surface area contributed by atoms with Gasteiger partial charge in [-0.3, -0.25) is 4.79 Å². The van der Waals surface area contributed by atoms with Crippen molar-refractivity contribution in [2.75, 3.05) is 19.6 Å². The molecular weight excluding hydrogens is 370 g/mol. The molecular formula is C27H31NO2. The summed E-state index contributed by atoms with van der Waals surface area (Å²) in [5.41, 5.74) is 3.05. The van der Waals surface area contributed by atoms with Gasteiger partial charge in [0.05, 0.1) is 6.10 Å². The van der Waals surface area contributed by atoms with Crippen LogP contribution in [0.15, 0.2) is 66.7 Å². The highest BCUT2D eigenvalue weighted by Gasteiger charge is 2.27. The zero-order valence-electron chi connectivity index (χ0n) is 17.8. The summed E-state index contributed by atoms with van der Waals surface area (Å²) in [6.07, 6.45) is 3.07. The molecule has 30 heavy (non-hydrogen) atoms. The van der Waals surface area contributed by atoms with Gasteiger partial charge in [0.2, 0.25) is 0 Å². The zero-order valence-corrected chi connectivity index (χ0v) is 17.8. The lowest BCUT2D eigenvalue weighted by Gasteiger charge is -2.34. The van der Waals surface area contributed by atoms with Crippen LogP contribution in [0.2, 0.25) is 0 Å². The van der Waals surface area contributed by atoms with E-state index >= 15 is 0 Å². The summed E-state index contributed by atoms with van der Waals surface area (Å²) in [6.45, 7) is 4.97. The fourth-order valence-electron chi connectivity index (χ4n) is 4.60. The Morgan fingerprint density at radius 2 is 1.70 bits per heavy atom. The Balaban J connectivity index is 1.26. The number of rotatable bonds is 7. The summed E-state index contributed by atoms with van der Waals surface area (Å²) in [4.78, 5) is 14.8. The van der Waals surface area contributed by atoms with Crippen molar-refractivity contribution in [1.82, 2.24) is 4.90 Å². The number of fused-ring (bicyclic) bond motifs is 1. The van der Waals surface area contributed by atoms with E-state index in [1.54, 1.807) is 0 Å². The quantitative estimate of drug-likeness (QED) is 0.527. The van der Waals surface area contributed by atoms with Crippen LogP contribution in [-0.4, -0.2) is 35.4 Å². The Hall–Kier alpha value is -2.49. The van der Waals surface area contributed by atoms with Crippen LogP contribution in [0.5, 0.6) is 0 Å². The lowest BCUT2D eigenvalue weighted by atomic mass is 9.85. The number of hydrogen-bond acceptors (Lipinski definition) is 3. The molecule has 1 N–H and O–H groups in total. The molecule has 1 atom stereocenters. The van der Waals surface area contributed by atoms with E-state index in [1.165, 1.54) is 10.9 Å². The largest absolute Gasteiger partial charge is 0.388 e. The van der Waals surface area contributed by atoms with E-state index in [1.807, 2.05) is 49.4 Å². The van der Waals surface area contributed by atoms with Crippen molar-refractivity contribution < 1.29 is 9.90 Å². The molecule has 1 saturated heterocycles. The van der Waals surface area contributed by atoms with Crippen LogP contribution >= 0.6 is 0 Å². The van der Waals surface area contributed by atoms with Crippen LogP contribution in [0.3, 0.4) is 0 Å². The van der Waals surface area contributed by atoms with Gasteiger partial charge in [0, 0.05) is 12.0 Å². The third kappa shape index (κ3) is 4.80. The maximum Gasteiger partial charge on any atom is 0.162 e. The molecule has 3 aromatic carbocycles. The van der Waals surface area contributed by atoms with Gasteiger partial charge in [-0.05, 0) is 68.1 Å². The number of aliphatic hydroxyl groups is 1. The summed E-state index contributed by atoms with van der Waals surface area (Å²) < 4.78 is 0. The Kier molecular flexibility index (Phi) is 6.61. The number of benzene rings is 3. The van der Waals surface area contributed by atoms with Crippen molar-refractivity contribution in [3.05, 3.63) is 83.4 Å². The van der Waals surface area contributed by atoms with Crippen LogP contribution in [0.4, 0.5) is 0 Å². The first-order chi connectivity index (χ1) is 14.6. The Morgan fingerprint density at radius 1 is 1.00 bits per heavy atom. The monoisotopic (exact) mass is 401 g/mol. The van der Waals surface area contributed by atoms with Crippen LogP contribution in [0.1, 0.15) is 53.3 Å². The summed E-state index contributed by atoms with van der Waals surface area (Å²) >= 11 is 0.